The van der Waals surface area contributed by atoms with Crippen molar-refractivity contribution >= 4 is 38.5 Å². The number of halogens is 2. The lowest BCUT2D eigenvalue weighted by Crippen LogP contribution is -2.23. The minimum atomic E-state index is 0.174. The van der Waals surface area contributed by atoms with Gasteiger partial charge in [0.25, 0.3) is 0 Å². The van der Waals surface area contributed by atoms with Crippen LogP contribution in [0.15, 0.2) is 46.9 Å². The summed E-state index contributed by atoms with van der Waals surface area (Å²) in [6.07, 6.45) is 0. The summed E-state index contributed by atoms with van der Waals surface area (Å²) in [5, 5.41) is 3.57. The summed E-state index contributed by atoms with van der Waals surface area (Å²) in [5.41, 5.74) is 2.52. The molecule has 0 aliphatic carbocycles. The Hall–Kier alpha value is -0.590. The van der Waals surface area contributed by atoms with Gasteiger partial charge in [0.1, 0.15) is 5.75 Å². The molecule has 2 rings (SSSR count). The van der Waals surface area contributed by atoms with Crippen LogP contribution >= 0.6 is 38.5 Å². The molecule has 2 nitrogen and oxygen atoms in total. The molecule has 0 saturated heterocycles. The molecule has 0 aliphatic rings. The molecule has 0 spiro atoms. The van der Waals surface area contributed by atoms with Gasteiger partial charge in [-0.3, -0.25) is 0 Å². The highest BCUT2D eigenvalue weighted by atomic mass is 127. The minimum absolute atomic E-state index is 0.174. The molecule has 0 aliphatic heterocycles. The quantitative estimate of drug-likeness (QED) is 0.603. The normalized spacial score (nSPS) is 12.2. The third-order valence-corrected chi connectivity index (χ3v) is 4.89. The topological polar surface area (TPSA) is 21.3 Å². The van der Waals surface area contributed by atoms with Crippen LogP contribution in [0.5, 0.6) is 5.75 Å². The van der Waals surface area contributed by atoms with E-state index in [0.29, 0.717) is 6.61 Å². The molecule has 1 N–H and O–H groups in total. The van der Waals surface area contributed by atoms with E-state index in [0.717, 1.165) is 16.8 Å². The SMILES string of the molecule is CCNC(c1ccc(OCC)cc1Br)c1ccccc1I. The second-order valence-corrected chi connectivity index (χ2v) is 6.65. The Morgan fingerprint density at radius 2 is 1.90 bits per heavy atom. The maximum absolute atomic E-state index is 5.56. The third kappa shape index (κ3) is 4.20. The summed E-state index contributed by atoms with van der Waals surface area (Å²) in [6, 6.07) is 14.9. The first-order chi connectivity index (χ1) is 10.2. The lowest BCUT2D eigenvalue weighted by Gasteiger charge is -2.22. The highest BCUT2D eigenvalue weighted by Gasteiger charge is 2.18. The van der Waals surface area contributed by atoms with Crippen LogP contribution in [0.2, 0.25) is 0 Å². The molecule has 0 heterocycles. The smallest absolute Gasteiger partial charge is 0.120 e. The van der Waals surface area contributed by atoms with Gasteiger partial charge in [-0.25, -0.2) is 0 Å². The van der Waals surface area contributed by atoms with Gasteiger partial charge in [0.15, 0.2) is 0 Å². The molecule has 1 atom stereocenters. The van der Waals surface area contributed by atoms with Crippen LogP contribution in [-0.2, 0) is 0 Å². The molecule has 2 aromatic carbocycles. The van der Waals surface area contributed by atoms with E-state index in [1.54, 1.807) is 0 Å². The molecule has 2 aromatic rings. The Kier molecular flexibility index (Phi) is 6.51. The number of benzene rings is 2. The average molecular weight is 460 g/mol. The van der Waals surface area contributed by atoms with Gasteiger partial charge in [-0.2, -0.15) is 0 Å². The summed E-state index contributed by atoms with van der Waals surface area (Å²) in [5.74, 6) is 0.895. The van der Waals surface area contributed by atoms with E-state index < -0.39 is 0 Å². The largest absolute Gasteiger partial charge is 0.494 e. The van der Waals surface area contributed by atoms with Crippen molar-refractivity contribution in [2.24, 2.45) is 0 Å². The van der Waals surface area contributed by atoms with Crippen LogP contribution < -0.4 is 10.1 Å². The summed E-state index contributed by atoms with van der Waals surface area (Å²) >= 11 is 6.08. The van der Waals surface area contributed by atoms with Gasteiger partial charge in [-0.1, -0.05) is 47.1 Å². The molecule has 0 radical (unpaired) electrons. The molecule has 112 valence electrons. The predicted octanol–water partition coefficient (Wildman–Crippen LogP) is 5.15. The van der Waals surface area contributed by atoms with Crippen molar-refractivity contribution in [2.45, 2.75) is 19.9 Å². The fraction of sp³-hybridized carbons (Fsp3) is 0.294. The van der Waals surface area contributed by atoms with Crippen LogP contribution in [0.1, 0.15) is 31.0 Å². The molecular formula is C17H19BrINO. The maximum Gasteiger partial charge on any atom is 0.120 e. The van der Waals surface area contributed by atoms with Crippen molar-refractivity contribution in [3.63, 3.8) is 0 Å². The summed E-state index contributed by atoms with van der Waals surface area (Å²) in [4.78, 5) is 0. The Balaban J connectivity index is 2.41. The zero-order valence-corrected chi connectivity index (χ0v) is 15.9. The monoisotopic (exact) mass is 459 g/mol. The summed E-state index contributed by atoms with van der Waals surface area (Å²) in [6.45, 7) is 5.72. The zero-order valence-electron chi connectivity index (χ0n) is 12.2. The molecule has 0 saturated carbocycles. The van der Waals surface area contributed by atoms with Crippen molar-refractivity contribution in [1.82, 2.24) is 5.32 Å². The van der Waals surface area contributed by atoms with Gasteiger partial charge < -0.3 is 10.1 Å². The Morgan fingerprint density at radius 1 is 1.14 bits per heavy atom. The van der Waals surface area contributed by atoms with E-state index in [-0.39, 0.29) is 6.04 Å². The minimum Gasteiger partial charge on any atom is -0.494 e. The Morgan fingerprint density at radius 3 is 2.52 bits per heavy atom. The standard InChI is InChI=1S/C17H19BrINO/c1-3-20-17(14-7-5-6-8-16(14)19)13-10-9-12(21-4-2)11-15(13)18/h5-11,17,20H,3-4H2,1-2H3. The lowest BCUT2D eigenvalue weighted by molar-refractivity contribution is 0.340. The van der Waals surface area contributed by atoms with Crippen LogP contribution in [0, 0.1) is 3.57 Å². The number of ether oxygens (including phenoxy) is 1. The van der Waals surface area contributed by atoms with E-state index >= 15 is 0 Å². The van der Waals surface area contributed by atoms with Crippen LogP contribution in [-0.4, -0.2) is 13.2 Å². The van der Waals surface area contributed by atoms with Gasteiger partial charge in [0, 0.05) is 8.04 Å². The van der Waals surface area contributed by atoms with Gasteiger partial charge in [0.2, 0.25) is 0 Å². The van der Waals surface area contributed by atoms with E-state index in [1.165, 1.54) is 14.7 Å². The van der Waals surface area contributed by atoms with E-state index in [9.17, 15) is 0 Å². The fourth-order valence-electron chi connectivity index (χ4n) is 2.30. The number of rotatable bonds is 6. The maximum atomic E-state index is 5.56. The predicted molar refractivity (Wildman–Crippen MR) is 100.0 cm³/mol. The third-order valence-electron chi connectivity index (χ3n) is 3.22. The Labute approximate surface area is 148 Å². The first-order valence-electron chi connectivity index (χ1n) is 7.07. The van der Waals surface area contributed by atoms with Gasteiger partial charge >= 0.3 is 0 Å². The summed E-state index contributed by atoms with van der Waals surface area (Å²) < 4.78 is 7.89. The molecule has 0 amide bonds. The Bertz CT molecular complexity index is 603. The van der Waals surface area contributed by atoms with E-state index in [4.69, 9.17) is 4.74 Å². The lowest BCUT2D eigenvalue weighted by atomic mass is 9.98. The molecule has 4 heteroatoms. The van der Waals surface area contributed by atoms with Crippen molar-refractivity contribution in [3.8, 4) is 5.75 Å². The van der Waals surface area contributed by atoms with Crippen molar-refractivity contribution in [3.05, 3.63) is 61.6 Å². The highest BCUT2D eigenvalue weighted by Crippen LogP contribution is 2.33. The van der Waals surface area contributed by atoms with Crippen LogP contribution in [0.3, 0.4) is 0 Å². The highest BCUT2D eigenvalue weighted by molar-refractivity contribution is 14.1. The molecule has 21 heavy (non-hydrogen) atoms. The molecule has 0 bridgehead atoms. The molecule has 1 unspecified atom stereocenters. The van der Waals surface area contributed by atoms with Crippen molar-refractivity contribution in [2.75, 3.05) is 13.2 Å². The molecular weight excluding hydrogens is 441 g/mol. The molecule has 0 aromatic heterocycles. The van der Waals surface area contributed by atoms with E-state index in [2.05, 4.69) is 81.1 Å². The van der Waals surface area contributed by atoms with Crippen LogP contribution in [0.25, 0.3) is 0 Å². The van der Waals surface area contributed by atoms with E-state index in [1.807, 2.05) is 19.1 Å². The fourth-order valence-corrected chi connectivity index (χ4v) is 3.58. The second kappa shape index (κ2) is 8.15. The number of nitrogens with one attached hydrogen (secondary N) is 1. The first-order valence-corrected chi connectivity index (χ1v) is 8.94. The number of hydrogen-bond donors (Lipinski definition) is 1. The van der Waals surface area contributed by atoms with Gasteiger partial charge in [-0.05, 0) is 65.4 Å². The zero-order chi connectivity index (χ0) is 15.2. The van der Waals surface area contributed by atoms with Gasteiger partial charge in [0.05, 0.1) is 12.6 Å². The van der Waals surface area contributed by atoms with Gasteiger partial charge in [-0.15, -0.1) is 0 Å². The molecule has 0 fully saturated rings. The van der Waals surface area contributed by atoms with Crippen LogP contribution in [0.4, 0.5) is 0 Å². The second-order valence-electron chi connectivity index (χ2n) is 4.63. The first kappa shape index (κ1) is 16.8. The summed E-state index contributed by atoms with van der Waals surface area (Å²) in [7, 11) is 0. The number of hydrogen-bond acceptors (Lipinski definition) is 2. The van der Waals surface area contributed by atoms with Crippen molar-refractivity contribution < 1.29 is 4.74 Å². The van der Waals surface area contributed by atoms with Crippen molar-refractivity contribution in [1.29, 1.82) is 0 Å². The average Bonchev–Trinajstić information content (AvgIpc) is 2.47.